The van der Waals surface area contributed by atoms with Gasteiger partial charge in [0.05, 0.1) is 19.0 Å². The van der Waals surface area contributed by atoms with Crippen molar-refractivity contribution < 1.29 is 9.53 Å². The summed E-state index contributed by atoms with van der Waals surface area (Å²) in [7, 11) is 1.37. The number of carbonyl (C=O) groups excluding carboxylic acids is 1. The fourth-order valence-electron chi connectivity index (χ4n) is 1.73. The fourth-order valence-corrected chi connectivity index (χ4v) is 1.96. The highest BCUT2D eigenvalue weighted by Gasteiger charge is 2.11. The van der Waals surface area contributed by atoms with Crippen LogP contribution in [0.1, 0.15) is 11.1 Å². The number of aryl methyl sites for hydroxylation is 1. The Morgan fingerprint density at radius 3 is 2.94 bits per heavy atom. The quantitative estimate of drug-likeness (QED) is 0.769. The smallest absolute Gasteiger partial charge is 0.310 e. The number of halogens is 1. The number of aromatic nitrogens is 1. The molecule has 0 aliphatic carbocycles. The molecule has 0 fully saturated rings. The monoisotopic (exact) mass is 249 g/mol. The lowest BCUT2D eigenvalue weighted by Crippen LogP contribution is -2.05. The van der Waals surface area contributed by atoms with E-state index in [1.54, 1.807) is 12.3 Å². The van der Waals surface area contributed by atoms with Gasteiger partial charge in [0, 0.05) is 16.6 Å². The van der Waals surface area contributed by atoms with E-state index in [-0.39, 0.29) is 12.4 Å². The molecule has 3 nitrogen and oxygen atoms in total. The Bertz CT molecular complexity index is 576. The Labute approximate surface area is 104 Å². The minimum atomic E-state index is -0.305. The molecule has 0 aliphatic heterocycles. The van der Waals surface area contributed by atoms with Crippen LogP contribution in [0.2, 0.25) is 5.02 Å². The molecule has 0 bridgehead atoms. The molecule has 1 heterocycles. The minimum absolute atomic E-state index is 0.164. The third kappa shape index (κ3) is 2.39. The van der Waals surface area contributed by atoms with Crippen molar-refractivity contribution in [2.24, 2.45) is 0 Å². The number of ether oxygens (including phenoxy) is 1. The number of fused-ring (bicyclic) bond motifs is 1. The maximum atomic E-state index is 11.4. The number of rotatable bonds is 2. The van der Waals surface area contributed by atoms with Gasteiger partial charge >= 0.3 is 5.97 Å². The highest BCUT2D eigenvalue weighted by Crippen LogP contribution is 2.26. The molecule has 88 valence electrons. The molecule has 0 aliphatic rings. The highest BCUT2D eigenvalue weighted by molar-refractivity contribution is 6.32. The van der Waals surface area contributed by atoms with E-state index >= 15 is 0 Å². The molecule has 4 heteroatoms. The van der Waals surface area contributed by atoms with Gasteiger partial charge in [0.15, 0.2) is 0 Å². The Balaban J connectivity index is 2.61. The average Bonchev–Trinajstić information content (AvgIpc) is 2.32. The number of esters is 1. The van der Waals surface area contributed by atoms with Crippen LogP contribution in [0.15, 0.2) is 24.4 Å². The summed E-state index contributed by atoms with van der Waals surface area (Å²) in [5, 5.41) is 1.47. The highest BCUT2D eigenvalue weighted by atomic mass is 35.5. The molecule has 0 amide bonds. The van der Waals surface area contributed by atoms with Gasteiger partial charge in [-0.05, 0) is 36.2 Å². The predicted octanol–water partition coefficient (Wildman–Crippen LogP) is 2.91. The number of benzene rings is 1. The van der Waals surface area contributed by atoms with E-state index in [9.17, 15) is 4.79 Å². The fraction of sp³-hybridized carbons (Fsp3) is 0.231. The molecule has 0 saturated heterocycles. The van der Waals surface area contributed by atoms with Gasteiger partial charge in [0.25, 0.3) is 0 Å². The van der Waals surface area contributed by atoms with Gasteiger partial charge in [-0.3, -0.25) is 9.78 Å². The van der Waals surface area contributed by atoms with Gasteiger partial charge in [-0.1, -0.05) is 11.6 Å². The molecule has 0 N–H and O–H groups in total. The molecule has 0 unspecified atom stereocenters. The predicted molar refractivity (Wildman–Crippen MR) is 67.2 cm³/mol. The van der Waals surface area contributed by atoms with Crippen molar-refractivity contribution in [1.29, 1.82) is 0 Å². The van der Waals surface area contributed by atoms with Crippen LogP contribution in [0.25, 0.3) is 10.9 Å². The zero-order valence-corrected chi connectivity index (χ0v) is 10.4. The topological polar surface area (TPSA) is 39.2 Å². The van der Waals surface area contributed by atoms with Gasteiger partial charge in [0.2, 0.25) is 0 Å². The lowest BCUT2D eigenvalue weighted by atomic mass is 10.0. The van der Waals surface area contributed by atoms with E-state index in [4.69, 9.17) is 11.6 Å². The lowest BCUT2D eigenvalue weighted by Gasteiger charge is -2.08. The molecule has 0 spiro atoms. The molecule has 1 aromatic carbocycles. The first-order chi connectivity index (χ1) is 8.11. The van der Waals surface area contributed by atoms with Crippen LogP contribution in [-0.2, 0) is 16.0 Å². The summed E-state index contributed by atoms with van der Waals surface area (Å²) in [6.45, 7) is 1.95. The zero-order valence-electron chi connectivity index (χ0n) is 9.66. The first kappa shape index (κ1) is 11.9. The van der Waals surface area contributed by atoms with E-state index in [1.807, 2.05) is 19.1 Å². The van der Waals surface area contributed by atoms with Crippen molar-refractivity contribution in [2.75, 3.05) is 7.11 Å². The first-order valence-electron chi connectivity index (χ1n) is 5.22. The zero-order chi connectivity index (χ0) is 12.4. The average molecular weight is 250 g/mol. The molecular formula is C13H12ClNO2. The number of hydrogen-bond acceptors (Lipinski definition) is 3. The van der Waals surface area contributed by atoms with E-state index in [1.165, 1.54) is 7.11 Å². The molecule has 0 atom stereocenters. The largest absolute Gasteiger partial charge is 0.469 e. The van der Waals surface area contributed by atoms with Gasteiger partial charge in [-0.15, -0.1) is 0 Å². The van der Waals surface area contributed by atoms with Crippen molar-refractivity contribution in [2.45, 2.75) is 13.3 Å². The maximum Gasteiger partial charge on any atom is 0.310 e. The van der Waals surface area contributed by atoms with Crippen molar-refractivity contribution in [3.05, 3.63) is 40.5 Å². The second-order valence-electron chi connectivity index (χ2n) is 3.86. The Hall–Kier alpha value is -1.61. The summed E-state index contributed by atoms with van der Waals surface area (Å²) >= 11 is 6.12. The van der Waals surface area contributed by atoms with Crippen molar-refractivity contribution in [3.63, 3.8) is 0 Å². The molecule has 0 saturated carbocycles. The number of methoxy groups -OCH3 is 1. The second-order valence-corrected chi connectivity index (χ2v) is 4.27. The minimum Gasteiger partial charge on any atom is -0.469 e. The van der Waals surface area contributed by atoms with Crippen LogP contribution < -0.4 is 0 Å². The summed E-state index contributed by atoms with van der Waals surface area (Å²) < 4.78 is 4.67. The van der Waals surface area contributed by atoms with Gasteiger partial charge in [-0.25, -0.2) is 0 Å². The summed E-state index contributed by atoms with van der Waals surface area (Å²) in [4.78, 5) is 15.7. The third-order valence-corrected chi connectivity index (χ3v) is 2.96. The number of nitrogens with zero attached hydrogens (tertiary/aromatic N) is 1. The number of carbonyl (C=O) groups is 1. The maximum absolute atomic E-state index is 11.4. The van der Waals surface area contributed by atoms with Gasteiger partial charge in [0.1, 0.15) is 0 Å². The standard InChI is InChI=1S/C13H12ClNO2/c1-8-5-10-9(6-13(16)17-2)11(14)3-4-12(10)15-7-8/h3-5,7H,6H2,1-2H3. The van der Waals surface area contributed by atoms with Crippen LogP contribution in [0.3, 0.4) is 0 Å². The van der Waals surface area contributed by atoms with Gasteiger partial charge < -0.3 is 4.74 Å². The third-order valence-electron chi connectivity index (χ3n) is 2.60. The van der Waals surface area contributed by atoms with E-state index < -0.39 is 0 Å². The SMILES string of the molecule is COC(=O)Cc1c(Cl)ccc2ncc(C)cc12. The Morgan fingerprint density at radius 1 is 1.47 bits per heavy atom. The molecule has 2 rings (SSSR count). The molecule has 1 aromatic heterocycles. The van der Waals surface area contributed by atoms with Crippen LogP contribution >= 0.6 is 11.6 Å². The van der Waals surface area contributed by atoms with Crippen molar-refractivity contribution >= 4 is 28.5 Å². The van der Waals surface area contributed by atoms with Crippen LogP contribution in [-0.4, -0.2) is 18.1 Å². The van der Waals surface area contributed by atoms with Crippen LogP contribution in [0.4, 0.5) is 0 Å². The Morgan fingerprint density at radius 2 is 2.24 bits per heavy atom. The van der Waals surface area contributed by atoms with Gasteiger partial charge in [-0.2, -0.15) is 0 Å². The molecule has 17 heavy (non-hydrogen) atoms. The van der Waals surface area contributed by atoms with E-state index in [2.05, 4.69) is 9.72 Å². The van der Waals surface area contributed by atoms with E-state index in [0.717, 1.165) is 22.0 Å². The molecule has 2 aromatic rings. The van der Waals surface area contributed by atoms with Crippen LogP contribution in [0, 0.1) is 6.92 Å². The first-order valence-corrected chi connectivity index (χ1v) is 5.60. The normalized spacial score (nSPS) is 10.5. The lowest BCUT2D eigenvalue weighted by molar-refractivity contribution is -0.139. The molecular weight excluding hydrogens is 238 g/mol. The van der Waals surface area contributed by atoms with Crippen LogP contribution in [0.5, 0.6) is 0 Å². The van der Waals surface area contributed by atoms with E-state index in [0.29, 0.717) is 5.02 Å². The Kier molecular flexibility index (Phi) is 3.29. The van der Waals surface area contributed by atoms with Crippen molar-refractivity contribution in [1.82, 2.24) is 4.98 Å². The molecule has 0 radical (unpaired) electrons. The van der Waals surface area contributed by atoms with Crippen molar-refractivity contribution in [3.8, 4) is 0 Å². The number of hydrogen-bond donors (Lipinski definition) is 0. The summed E-state index contributed by atoms with van der Waals surface area (Å²) in [6.07, 6.45) is 1.95. The summed E-state index contributed by atoms with van der Waals surface area (Å²) in [5.74, 6) is -0.305. The summed E-state index contributed by atoms with van der Waals surface area (Å²) in [5.41, 5.74) is 2.64. The summed E-state index contributed by atoms with van der Waals surface area (Å²) in [6, 6.07) is 5.58. The second kappa shape index (κ2) is 4.72. The number of pyridine rings is 1.